The van der Waals surface area contributed by atoms with Gasteiger partial charge < -0.3 is 5.32 Å². The molecule has 0 bridgehead atoms. The van der Waals surface area contributed by atoms with Gasteiger partial charge >= 0.3 is 0 Å². The van der Waals surface area contributed by atoms with E-state index >= 15 is 0 Å². The maximum Gasteiger partial charge on any atom is 0.248 e. The van der Waals surface area contributed by atoms with Gasteiger partial charge in [0.1, 0.15) is 6.04 Å². The van der Waals surface area contributed by atoms with Crippen LogP contribution in [0.1, 0.15) is 18.5 Å². The Bertz CT molecular complexity index is 376. The normalized spacial score (nSPS) is 11.9. The highest BCUT2D eigenvalue weighted by Crippen LogP contribution is 2.18. The van der Waals surface area contributed by atoms with Gasteiger partial charge in [0, 0.05) is 11.9 Å². The second-order valence-electron chi connectivity index (χ2n) is 2.99. The molecule has 5 heteroatoms. The van der Waals surface area contributed by atoms with E-state index in [9.17, 15) is 9.59 Å². The minimum absolute atomic E-state index is 0.316. The molecule has 0 saturated carbocycles. The van der Waals surface area contributed by atoms with Crippen LogP contribution in [0.2, 0.25) is 5.02 Å². The van der Waals surface area contributed by atoms with E-state index in [-0.39, 0.29) is 5.91 Å². The Morgan fingerprint density at radius 3 is 2.20 bits per heavy atom. The Kier molecular flexibility index (Phi) is 4.12. The topological polar surface area (TPSA) is 46.2 Å². The molecule has 1 amide bonds. The Morgan fingerprint density at radius 2 is 1.80 bits per heavy atom. The minimum Gasteiger partial charge on any atom is -0.341 e. The number of nitrogens with one attached hydrogen (secondary N) is 1. The van der Waals surface area contributed by atoms with Crippen molar-refractivity contribution in [2.24, 2.45) is 0 Å². The fraction of sp³-hybridized carbons (Fsp3) is 0.200. The van der Waals surface area contributed by atoms with E-state index in [0.29, 0.717) is 10.6 Å². The molecule has 0 spiro atoms. The summed E-state index contributed by atoms with van der Waals surface area (Å²) in [5.74, 6) is -0.316. The van der Waals surface area contributed by atoms with Crippen LogP contribution in [0.5, 0.6) is 0 Å². The second kappa shape index (κ2) is 5.14. The Balaban J connectivity index is 2.94. The lowest BCUT2D eigenvalue weighted by atomic mass is 10.1. The molecule has 0 aliphatic rings. The van der Waals surface area contributed by atoms with Crippen LogP contribution in [-0.4, -0.2) is 11.1 Å². The van der Waals surface area contributed by atoms with Crippen molar-refractivity contribution in [3.63, 3.8) is 0 Å². The van der Waals surface area contributed by atoms with E-state index in [1.165, 1.54) is 6.92 Å². The maximum atomic E-state index is 11.1. The van der Waals surface area contributed by atoms with Crippen molar-refractivity contribution in [2.75, 3.05) is 0 Å². The Morgan fingerprint density at radius 1 is 1.27 bits per heavy atom. The van der Waals surface area contributed by atoms with Gasteiger partial charge in [0.15, 0.2) is 0 Å². The van der Waals surface area contributed by atoms with Crippen molar-refractivity contribution in [3.8, 4) is 0 Å². The zero-order valence-corrected chi connectivity index (χ0v) is 9.47. The molecule has 1 aromatic rings. The number of hydrogen-bond donors (Lipinski definition) is 1. The Hall–Kier alpha value is -1.06. The van der Waals surface area contributed by atoms with Gasteiger partial charge in [0.2, 0.25) is 11.1 Å². The summed E-state index contributed by atoms with van der Waals surface area (Å²) in [6, 6.07) is 5.73. The molecule has 1 aromatic carbocycles. The molecule has 15 heavy (non-hydrogen) atoms. The molecule has 0 fully saturated rings. The van der Waals surface area contributed by atoms with Crippen LogP contribution in [0.25, 0.3) is 0 Å². The van der Waals surface area contributed by atoms with Crippen LogP contribution in [-0.2, 0) is 9.59 Å². The van der Waals surface area contributed by atoms with Crippen LogP contribution >= 0.6 is 23.2 Å². The number of hydrogen-bond acceptors (Lipinski definition) is 2. The SMILES string of the molecule is CC(=O)NC(C(=O)Cl)c1ccc(Cl)cc1. The summed E-state index contributed by atoms with van der Waals surface area (Å²) in [4.78, 5) is 21.9. The van der Waals surface area contributed by atoms with E-state index in [1.807, 2.05) is 0 Å². The van der Waals surface area contributed by atoms with Crippen molar-refractivity contribution in [1.82, 2.24) is 5.32 Å². The lowest BCUT2D eigenvalue weighted by Gasteiger charge is -2.13. The molecule has 0 aromatic heterocycles. The third kappa shape index (κ3) is 3.53. The molecule has 80 valence electrons. The molecule has 0 heterocycles. The number of rotatable bonds is 3. The molecule has 0 radical (unpaired) electrons. The van der Waals surface area contributed by atoms with E-state index < -0.39 is 11.3 Å². The quantitative estimate of drug-likeness (QED) is 0.831. The summed E-state index contributed by atoms with van der Waals surface area (Å²) < 4.78 is 0. The van der Waals surface area contributed by atoms with E-state index in [4.69, 9.17) is 23.2 Å². The van der Waals surface area contributed by atoms with Crippen molar-refractivity contribution < 1.29 is 9.59 Å². The fourth-order valence-electron chi connectivity index (χ4n) is 1.13. The molecule has 1 unspecified atom stereocenters. The maximum absolute atomic E-state index is 11.1. The van der Waals surface area contributed by atoms with Gasteiger partial charge in [-0.05, 0) is 29.3 Å². The average Bonchev–Trinajstić information content (AvgIpc) is 2.15. The zero-order valence-electron chi connectivity index (χ0n) is 7.96. The third-order valence-electron chi connectivity index (χ3n) is 1.78. The summed E-state index contributed by atoms with van der Waals surface area (Å²) in [7, 11) is 0. The number of halogens is 2. The third-order valence-corrected chi connectivity index (χ3v) is 2.25. The molecule has 0 aliphatic heterocycles. The second-order valence-corrected chi connectivity index (χ2v) is 3.80. The first kappa shape index (κ1) is 12.0. The summed E-state index contributed by atoms with van der Waals surface area (Å²) in [6.45, 7) is 1.32. The van der Waals surface area contributed by atoms with Crippen LogP contribution in [0, 0.1) is 0 Å². The molecule has 1 rings (SSSR count). The van der Waals surface area contributed by atoms with Crippen LogP contribution in [0.4, 0.5) is 0 Å². The summed E-state index contributed by atoms with van der Waals surface area (Å²) >= 11 is 11.1. The molecule has 0 aliphatic carbocycles. The van der Waals surface area contributed by atoms with Crippen molar-refractivity contribution >= 4 is 34.4 Å². The summed E-state index contributed by atoms with van der Waals surface area (Å²) in [5.41, 5.74) is 0.606. The van der Waals surface area contributed by atoms with Crippen LogP contribution in [0.3, 0.4) is 0 Å². The van der Waals surface area contributed by atoms with Crippen LogP contribution < -0.4 is 5.32 Å². The first-order valence-corrected chi connectivity index (χ1v) is 4.98. The van der Waals surface area contributed by atoms with Gasteiger partial charge in [-0.25, -0.2) is 0 Å². The Labute approximate surface area is 97.4 Å². The lowest BCUT2D eigenvalue weighted by molar-refractivity contribution is -0.123. The molecule has 1 N–H and O–H groups in total. The molecular formula is C10H9Cl2NO2. The number of carbonyl (C=O) groups is 2. The molecule has 3 nitrogen and oxygen atoms in total. The van der Waals surface area contributed by atoms with E-state index in [1.54, 1.807) is 24.3 Å². The van der Waals surface area contributed by atoms with Gasteiger partial charge in [-0.15, -0.1) is 0 Å². The van der Waals surface area contributed by atoms with Gasteiger partial charge in [-0.3, -0.25) is 9.59 Å². The van der Waals surface area contributed by atoms with Gasteiger partial charge in [-0.1, -0.05) is 23.7 Å². The van der Waals surface area contributed by atoms with Gasteiger partial charge in [-0.2, -0.15) is 0 Å². The highest BCUT2D eigenvalue weighted by molar-refractivity contribution is 6.64. The predicted octanol–water partition coefficient (Wildman–Crippen LogP) is 2.28. The average molecular weight is 246 g/mol. The van der Waals surface area contributed by atoms with E-state index in [2.05, 4.69) is 5.32 Å². The zero-order chi connectivity index (χ0) is 11.4. The minimum atomic E-state index is -0.818. The number of carbonyl (C=O) groups excluding carboxylic acids is 2. The highest BCUT2D eigenvalue weighted by Gasteiger charge is 2.19. The molecule has 1 atom stereocenters. The van der Waals surface area contributed by atoms with Crippen molar-refractivity contribution in [3.05, 3.63) is 34.9 Å². The van der Waals surface area contributed by atoms with Gasteiger partial charge in [0.25, 0.3) is 0 Å². The largest absolute Gasteiger partial charge is 0.341 e. The molecule has 0 saturated heterocycles. The first-order chi connectivity index (χ1) is 7.00. The number of amides is 1. The van der Waals surface area contributed by atoms with Crippen LogP contribution in [0.15, 0.2) is 24.3 Å². The summed E-state index contributed by atoms with van der Waals surface area (Å²) in [5, 5.41) is 2.38. The monoisotopic (exact) mass is 245 g/mol. The smallest absolute Gasteiger partial charge is 0.248 e. The molecular weight excluding hydrogens is 237 g/mol. The van der Waals surface area contributed by atoms with Crippen molar-refractivity contribution in [1.29, 1.82) is 0 Å². The highest BCUT2D eigenvalue weighted by atomic mass is 35.5. The lowest BCUT2D eigenvalue weighted by Crippen LogP contribution is -2.29. The van der Waals surface area contributed by atoms with Gasteiger partial charge in [0.05, 0.1) is 0 Å². The summed E-state index contributed by atoms with van der Waals surface area (Å²) in [6.07, 6.45) is 0. The number of benzene rings is 1. The standard InChI is InChI=1S/C10H9Cl2NO2/c1-6(14)13-9(10(12)15)7-2-4-8(11)5-3-7/h2-5,9H,1H3,(H,13,14). The van der Waals surface area contributed by atoms with Crippen molar-refractivity contribution in [2.45, 2.75) is 13.0 Å². The first-order valence-electron chi connectivity index (χ1n) is 4.22. The van der Waals surface area contributed by atoms with E-state index in [0.717, 1.165) is 0 Å². The fourth-order valence-corrected chi connectivity index (χ4v) is 1.44. The predicted molar refractivity (Wildman–Crippen MR) is 58.9 cm³/mol.